The standard InChI is InChI=1S/C11H19NO2S/c13-11(12-5-8-15-9-6-12)4-3-10-2-1-7-14-10/h10H,1-9H2/t10-/m1/s1. The van der Waals surface area contributed by atoms with Gasteiger partial charge < -0.3 is 9.64 Å². The third-order valence-corrected chi connectivity index (χ3v) is 4.01. The molecule has 0 saturated carbocycles. The Hall–Kier alpha value is -0.220. The summed E-state index contributed by atoms with van der Waals surface area (Å²) >= 11 is 1.94. The quantitative estimate of drug-likeness (QED) is 0.735. The van der Waals surface area contributed by atoms with Gasteiger partial charge in [0.2, 0.25) is 5.91 Å². The summed E-state index contributed by atoms with van der Waals surface area (Å²) in [5.74, 6) is 2.53. The number of carbonyl (C=O) groups is 1. The van der Waals surface area contributed by atoms with Crippen molar-refractivity contribution in [2.45, 2.75) is 31.8 Å². The van der Waals surface area contributed by atoms with Crippen LogP contribution < -0.4 is 0 Å². The monoisotopic (exact) mass is 229 g/mol. The number of rotatable bonds is 3. The maximum atomic E-state index is 11.8. The van der Waals surface area contributed by atoms with Crippen molar-refractivity contribution in [2.75, 3.05) is 31.2 Å². The molecule has 15 heavy (non-hydrogen) atoms. The van der Waals surface area contributed by atoms with E-state index in [4.69, 9.17) is 4.74 Å². The molecular formula is C11H19NO2S. The molecular weight excluding hydrogens is 210 g/mol. The molecule has 2 fully saturated rings. The van der Waals surface area contributed by atoms with Crippen molar-refractivity contribution >= 4 is 17.7 Å². The predicted octanol–water partition coefficient (Wildman–Crippen LogP) is 1.52. The van der Waals surface area contributed by atoms with Gasteiger partial charge in [0.1, 0.15) is 0 Å². The molecule has 86 valence electrons. The molecule has 0 radical (unpaired) electrons. The van der Waals surface area contributed by atoms with Gasteiger partial charge >= 0.3 is 0 Å². The average Bonchev–Trinajstić information content (AvgIpc) is 2.80. The smallest absolute Gasteiger partial charge is 0.222 e. The van der Waals surface area contributed by atoms with Gasteiger partial charge in [0.05, 0.1) is 6.10 Å². The highest BCUT2D eigenvalue weighted by Gasteiger charge is 2.20. The zero-order valence-corrected chi connectivity index (χ0v) is 9.93. The maximum Gasteiger partial charge on any atom is 0.222 e. The lowest BCUT2D eigenvalue weighted by Gasteiger charge is -2.26. The van der Waals surface area contributed by atoms with Gasteiger partial charge in [-0.1, -0.05) is 0 Å². The van der Waals surface area contributed by atoms with Crippen molar-refractivity contribution in [1.29, 1.82) is 0 Å². The van der Waals surface area contributed by atoms with Crippen LogP contribution in [0.2, 0.25) is 0 Å². The molecule has 1 atom stereocenters. The van der Waals surface area contributed by atoms with Crippen LogP contribution in [0, 0.1) is 0 Å². The van der Waals surface area contributed by atoms with Gasteiger partial charge in [-0.15, -0.1) is 0 Å². The third kappa shape index (κ3) is 3.38. The lowest BCUT2D eigenvalue weighted by Crippen LogP contribution is -2.38. The zero-order chi connectivity index (χ0) is 10.5. The fourth-order valence-electron chi connectivity index (χ4n) is 2.13. The first-order chi connectivity index (χ1) is 7.36. The minimum atomic E-state index is 0.325. The minimum Gasteiger partial charge on any atom is -0.378 e. The van der Waals surface area contributed by atoms with Crippen molar-refractivity contribution < 1.29 is 9.53 Å². The van der Waals surface area contributed by atoms with Crippen LogP contribution in [0.5, 0.6) is 0 Å². The number of carbonyl (C=O) groups excluding carboxylic acids is 1. The fourth-order valence-corrected chi connectivity index (χ4v) is 3.03. The van der Waals surface area contributed by atoms with Gasteiger partial charge in [0.25, 0.3) is 0 Å². The van der Waals surface area contributed by atoms with E-state index >= 15 is 0 Å². The molecule has 2 heterocycles. The first-order valence-electron chi connectivity index (χ1n) is 5.83. The van der Waals surface area contributed by atoms with Gasteiger partial charge in [-0.05, 0) is 19.3 Å². The number of nitrogens with zero attached hydrogens (tertiary/aromatic N) is 1. The molecule has 2 aliphatic heterocycles. The zero-order valence-electron chi connectivity index (χ0n) is 9.11. The Kier molecular flexibility index (Phi) is 4.32. The Labute approximate surface area is 95.5 Å². The van der Waals surface area contributed by atoms with Crippen molar-refractivity contribution in [3.05, 3.63) is 0 Å². The number of ether oxygens (including phenoxy) is 1. The molecule has 0 aromatic carbocycles. The van der Waals surface area contributed by atoms with E-state index in [0.717, 1.165) is 44.0 Å². The minimum absolute atomic E-state index is 0.325. The van der Waals surface area contributed by atoms with Crippen LogP contribution in [0.15, 0.2) is 0 Å². The van der Waals surface area contributed by atoms with Crippen LogP contribution in [-0.4, -0.2) is 48.1 Å². The fraction of sp³-hybridized carbons (Fsp3) is 0.909. The van der Waals surface area contributed by atoms with Crippen LogP contribution in [0.4, 0.5) is 0 Å². The average molecular weight is 229 g/mol. The molecule has 0 aromatic heterocycles. The Morgan fingerprint density at radius 2 is 2.20 bits per heavy atom. The first kappa shape index (κ1) is 11.3. The van der Waals surface area contributed by atoms with Crippen molar-refractivity contribution in [2.24, 2.45) is 0 Å². The maximum absolute atomic E-state index is 11.8. The Balaban J connectivity index is 1.66. The highest BCUT2D eigenvalue weighted by Crippen LogP contribution is 2.18. The van der Waals surface area contributed by atoms with Crippen LogP contribution in [-0.2, 0) is 9.53 Å². The number of hydrogen-bond donors (Lipinski definition) is 0. The van der Waals surface area contributed by atoms with Crippen molar-refractivity contribution in [3.63, 3.8) is 0 Å². The molecule has 0 N–H and O–H groups in total. The van der Waals surface area contributed by atoms with E-state index in [0.29, 0.717) is 18.4 Å². The van der Waals surface area contributed by atoms with E-state index in [1.165, 1.54) is 6.42 Å². The summed E-state index contributed by atoms with van der Waals surface area (Å²) in [6.45, 7) is 2.77. The van der Waals surface area contributed by atoms with E-state index in [1.54, 1.807) is 0 Å². The van der Waals surface area contributed by atoms with Gasteiger partial charge in [-0.2, -0.15) is 11.8 Å². The summed E-state index contributed by atoms with van der Waals surface area (Å²) in [6, 6.07) is 0. The Morgan fingerprint density at radius 1 is 1.40 bits per heavy atom. The summed E-state index contributed by atoms with van der Waals surface area (Å²) in [4.78, 5) is 13.8. The lowest BCUT2D eigenvalue weighted by atomic mass is 10.1. The SMILES string of the molecule is O=C(CC[C@H]1CCCO1)N1CCSCC1. The highest BCUT2D eigenvalue weighted by atomic mass is 32.2. The van der Waals surface area contributed by atoms with Crippen LogP contribution >= 0.6 is 11.8 Å². The molecule has 0 aliphatic carbocycles. The topological polar surface area (TPSA) is 29.5 Å². The highest BCUT2D eigenvalue weighted by molar-refractivity contribution is 7.99. The molecule has 0 spiro atoms. The molecule has 3 nitrogen and oxygen atoms in total. The van der Waals surface area contributed by atoms with Crippen LogP contribution in [0.1, 0.15) is 25.7 Å². The molecule has 2 aliphatic rings. The van der Waals surface area contributed by atoms with Crippen molar-refractivity contribution in [1.82, 2.24) is 4.90 Å². The third-order valence-electron chi connectivity index (χ3n) is 3.07. The molecule has 1 amide bonds. The van der Waals surface area contributed by atoms with Gasteiger partial charge in [0, 0.05) is 37.6 Å². The van der Waals surface area contributed by atoms with Crippen LogP contribution in [0.3, 0.4) is 0 Å². The summed E-state index contributed by atoms with van der Waals surface area (Å²) in [7, 11) is 0. The normalized spacial score (nSPS) is 26.9. The first-order valence-corrected chi connectivity index (χ1v) is 6.99. The van der Waals surface area contributed by atoms with E-state index in [-0.39, 0.29) is 0 Å². The van der Waals surface area contributed by atoms with Crippen LogP contribution in [0.25, 0.3) is 0 Å². The van der Waals surface area contributed by atoms with E-state index in [2.05, 4.69) is 0 Å². The molecule has 2 rings (SSSR count). The lowest BCUT2D eigenvalue weighted by molar-refractivity contribution is -0.131. The molecule has 0 bridgehead atoms. The number of hydrogen-bond acceptors (Lipinski definition) is 3. The second-order valence-corrected chi connectivity index (χ2v) is 5.39. The largest absolute Gasteiger partial charge is 0.378 e. The van der Waals surface area contributed by atoms with Gasteiger partial charge in [-0.3, -0.25) is 4.79 Å². The van der Waals surface area contributed by atoms with E-state index < -0.39 is 0 Å². The summed E-state index contributed by atoms with van der Waals surface area (Å²) in [5.41, 5.74) is 0. The van der Waals surface area contributed by atoms with Crippen molar-refractivity contribution in [3.8, 4) is 0 Å². The Morgan fingerprint density at radius 3 is 2.87 bits per heavy atom. The summed E-state index contributed by atoms with van der Waals surface area (Å²) < 4.78 is 5.52. The molecule has 2 saturated heterocycles. The van der Waals surface area contributed by atoms with E-state index in [1.807, 2.05) is 16.7 Å². The second-order valence-electron chi connectivity index (χ2n) is 4.17. The molecule has 4 heteroatoms. The molecule has 0 unspecified atom stereocenters. The molecule has 0 aromatic rings. The number of amides is 1. The van der Waals surface area contributed by atoms with Gasteiger partial charge in [-0.25, -0.2) is 0 Å². The number of thioether (sulfide) groups is 1. The van der Waals surface area contributed by atoms with Gasteiger partial charge in [0.15, 0.2) is 0 Å². The summed E-state index contributed by atoms with van der Waals surface area (Å²) in [6.07, 6.45) is 4.26. The predicted molar refractivity (Wildman–Crippen MR) is 62.1 cm³/mol. The second kappa shape index (κ2) is 5.75. The summed E-state index contributed by atoms with van der Waals surface area (Å²) in [5, 5.41) is 0. The Bertz CT molecular complexity index is 211. The van der Waals surface area contributed by atoms with E-state index in [9.17, 15) is 4.79 Å².